The van der Waals surface area contributed by atoms with Gasteiger partial charge in [-0.25, -0.2) is 0 Å². The molecule has 3 rings (SSSR count). The zero-order valence-corrected chi connectivity index (χ0v) is 16.0. The lowest BCUT2D eigenvalue weighted by Crippen LogP contribution is -2.25. The predicted octanol–water partition coefficient (Wildman–Crippen LogP) is 5.47. The van der Waals surface area contributed by atoms with Crippen LogP contribution in [-0.4, -0.2) is 18.6 Å². The molecule has 0 saturated heterocycles. The smallest absolute Gasteiger partial charge is 0.416 e. The molecule has 1 N–H and O–H groups in total. The minimum Gasteiger partial charge on any atom is -0.496 e. The van der Waals surface area contributed by atoms with Gasteiger partial charge in [-0.1, -0.05) is 33.8 Å². The van der Waals surface area contributed by atoms with Crippen LogP contribution < -0.4 is 10.1 Å². The summed E-state index contributed by atoms with van der Waals surface area (Å²) in [6.45, 7) is 9.50. The first-order valence-electron chi connectivity index (χ1n) is 8.94. The fourth-order valence-corrected chi connectivity index (χ4v) is 2.73. The van der Waals surface area contributed by atoms with Gasteiger partial charge in [-0.2, -0.15) is 13.2 Å². The highest BCUT2D eigenvalue weighted by Gasteiger charge is 2.31. The number of benzene rings is 1. The van der Waals surface area contributed by atoms with Crippen molar-refractivity contribution < 1.29 is 17.9 Å². The topological polar surface area (TPSA) is 34.1 Å². The summed E-state index contributed by atoms with van der Waals surface area (Å²) in [6.07, 6.45) is -1.91. The molecule has 0 fully saturated rings. The lowest BCUT2D eigenvalue weighted by atomic mass is 9.93. The molecule has 3 nitrogen and oxygen atoms in total. The molecule has 0 spiro atoms. The second-order valence-electron chi connectivity index (χ2n) is 5.12. The summed E-state index contributed by atoms with van der Waals surface area (Å²) in [5.41, 5.74) is 2.84. The number of nitrogens with one attached hydrogen (secondary N) is 1. The van der Waals surface area contributed by atoms with Gasteiger partial charge in [0.1, 0.15) is 5.75 Å². The number of nitrogens with zero attached hydrogens (tertiary/aromatic N) is 1. The zero-order chi connectivity index (χ0) is 19.7. The molecule has 1 aromatic carbocycles. The third-order valence-electron chi connectivity index (χ3n) is 3.81. The Morgan fingerprint density at radius 3 is 2.35 bits per heavy atom. The van der Waals surface area contributed by atoms with E-state index in [1.165, 1.54) is 13.2 Å². The highest BCUT2D eigenvalue weighted by molar-refractivity contribution is 5.74. The maximum Gasteiger partial charge on any atom is 0.416 e. The molecule has 2 aromatic rings. The number of hydrogen-bond acceptors (Lipinski definition) is 3. The Balaban J connectivity index is 0.000000791. The van der Waals surface area contributed by atoms with Crippen molar-refractivity contribution in [1.29, 1.82) is 0 Å². The van der Waals surface area contributed by atoms with Gasteiger partial charge in [-0.3, -0.25) is 4.98 Å². The average Bonchev–Trinajstić information content (AvgIpc) is 2.69. The monoisotopic (exact) mass is 368 g/mol. The summed E-state index contributed by atoms with van der Waals surface area (Å²) >= 11 is 0. The zero-order valence-electron chi connectivity index (χ0n) is 16.0. The SMILES string of the molecule is CC.CC.COc1cc(C(F)(F)F)ccc1-c1ccnc2c1CCNC2. The molecule has 0 amide bonds. The molecular formula is C20H27F3N2O. The third kappa shape index (κ3) is 4.97. The minimum atomic E-state index is -4.38. The number of rotatable bonds is 2. The number of hydrogen-bond donors (Lipinski definition) is 1. The lowest BCUT2D eigenvalue weighted by Gasteiger charge is -2.21. The van der Waals surface area contributed by atoms with Crippen molar-refractivity contribution in [2.45, 2.75) is 46.8 Å². The molecular weight excluding hydrogens is 341 g/mol. The highest BCUT2D eigenvalue weighted by Crippen LogP contribution is 2.38. The molecule has 0 aliphatic carbocycles. The van der Waals surface area contributed by atoms with Crippen LogP contribution in [0.3, 0.4) is 0 Å². The number of ether oxygens (including phenoxy) is 1. The Bertz CT molecular complexity index is 700. The molecule has 0 saturated carbocycles. The van der Waals surface area contributed by atoms with Crippen LogP contribution >= 0.6 is 0 Å². The lowest BCUT2D eigenvalue weighted by molar-refractivity contribution is -0.137. The molecule has 1 aliphatic rings. The van der Waals surface area contributed by atoms with Gasteiger partial charge < -0.3 is 10.1 Å². The van der Waals surface area contributed by atoms with E-state index in [1.807, 2.05) is 33.8 Å². The average molecular weight is 368 g/mol. The van der Waals surface area contributed by atoms with Gasteiger partial charge in [0.2, 0.25) is 0 Å². The Morgan fingerprint density at radius 1 is 1.04 bits per heavy atom. The van der Waals surface area contributed by atoms with Crippen LogP contribution in [0.1, 0.15) is 44.5 Å². The fraction of sp³-hybridized carbons (Fsp3) is 0.450. The normalized spacial score (nSPS) is 12.8. The summed E-state index contributed by atoms with van der Waals surface area (Å²) < 4.78 is 43.7. The molecule has 2 heterocycles. The van der Waals surface area contributed by atoms with Gasteiger partial charge in [0.05, 0.1) is 18.4 Å². The number of methoxy groups -OCH3 is 1. The molecule has 1 aromatic heterocycles. The highest BCUT2D eigenvalue weighted by atomic mass is 19.4. The van der Waals surface area contributed by atoms with Gasteiger partial charge in [0.15, 0.2) is 0 Å². The quantitative estimate of drug-likeness (QED) is 0.763. The number of pyridine rings is 1. The molecule has 0 bridgehead atoms. The Kier molecular flexibility index (Phi) is 8.58. The van der Waals surface area contributed by atoms with Crippen molar-refractivity contribution in [3.63, 3.8) is 0 Å². The Labute approximate surface area is 153 Å². The summed E-state index contributed by atoms with van der Waals surface area (Å²) in [4.78, 5) is 4.33. The van der Waals surface area contributed by atoms with E-state index in [0.717, 1.165) is 41.9 Å². The van der Waals surface area contributed by atoms with E-state index in [9.17, 15) is 13.2 Å². The first kappa shape index (κ1) is 22.0. The Hall–Kier alpha value is -2.08. The summed E-state index contributed by atoms with van der Waals surface area (Å²) in [5.74, 6) is 0.224. The third-order valence-corrected chi connectivity index (χ3v) is 3.81. The van der Waals surface area contributed by atoms with Crippen LogP contribution in [0, 0.1) is 0 Å². The van der Waals surface area contributed by atoms with E-state index in [2.05, 4.69) is 10.3 Å². The molecule has 1 aliphatic heterocycles. The summed E-state index contributed by atoms with van der Waals surface area (Å²) in [6, 6.07) is 5.43. The molecule has 26 heavy (non-hydrogen) atoms. The van der Waals surface area contributed by atoms with Crippen molar-refractivity contribution >= 4 is 0 Å². The minimum absolute atomic E-state index is 0.224. The second kappa shape index (κ2) is 10.2. The van der Waals surface area contributed by atoms with Crippen LogP contribution in [0.15, 0.2) is 30.5 Å². The second-order valence-corrected chi connectivity index (χ2v) is 5.12. The van der Waals surface area contributed by atoms with Crippen LogP contribution in [-0.2, 0) is 19.1 Å². The van der Waals surface area contributed by atoms with E-state index < -0.39 is 11.7 Å². The van der Waals surface area contributed by atoms with Crippen LogP contribution in [0.2, 0.25) is 0 Å². The van der Waals surface area contributed by atoms with E-state index >= 15 is 0 Å². The Morgan fingerprint density at radius 2 is 1.73 bits per heavy atom. The first-order valence-corrected chi connectivity index (χ1v) is 8.94. The summed E-state index contributed by atoms with van der Waals surface area (Å²) in [5, 5.41) is 3.23. The van der Waals surface area contributed by atoms with Gasteiger partial charge >= 0.3 is 6.18 Å². The number of aromatic nitrogens is 1. The maximum absolute atomic E-state index is 12.8. The van der Waals surface area contributed by atoms with E-state index in [4.69, 9.17) is 4.74 Å². The number of alkyl halides is 3. The molecule has 0 atom stereocenters. The molecule has 6 heteroatoms. The van der Waals surface area contributed by atoms with Gasteiger partial charge in [0.25, 0.3) is 0 Å². The van der Waals surface area contributed by atoms with Crippen molar-refractivity contribution in [3.05, 3.63) is 47.3 Å². The van der Waals surface area contributed by atoms with Crippen molar-refractivity contribution in [1.82, 2.24) is 10.3 Å². The van der Waals surface area contributed by atoms with Gasteiger partial charge in [0, 0.05) is 18.3 Å². The molecule has 0 radical (unpaired) electrons. The van der Waals surface area contributed by atoms with Crippen LogP contribution in [0.4, 0.5) is 13.2 Å². The van der Waals surface area contributed by atoms with E-state index in [0.29, 0.717) is 12.1 Å². The number of halogens is 3. The molecule has 0 unspecified atom stereocenters. The standard InChI is InChI=1S/C16H15F3N2O.2C2H6/c1-22-15-8-10(16(17,18)19)2-3-13(15)11-5-7-21-14-9-20-6-4-12(11)14;2*1-2/h2-3,5,7-8,20H,4,6,9H2,1H3;2*1-2H3. The van der Waals surface area contributed by atoms with Crippen LogP contribution in [0.5, 0.6) is 5.75 Å². The predicted molar refractivity (Wildman–Crippen MR) is 99.3 cm³/mol. The molecule has 144 valence electrons. The van der Waals surface area contributed by atoms with Crippen molar-refractivity contribution in [3.8, 4) is 16.9 Å². The van der Waals surface area contributed by atoms with Crippen LogP contribution in [0.25, 0.3) is 11.1 Å². The summed E-state index contributed by atoms with van der Waals surface area (Å²) in [7, 11) is 1.38. The number of fused-ring (bicyclic) bond motifs is 1. The largest absolute Gasteiger partial charge is 0.496 e. The van der Waals surface area contributed by atoms with Crippen molar-refractivity contribution in [2.24, 2.45) is 0 Å². The van der Waals surface area contributed by atoms with Gasteiger partial charge in [-0.05, 0) is 42.3 Å². The van der Waals surface area contributed by atoms with Gasteiger partial charge in [-0.15, -0.1) is 0 Å². The van der Waals surface area contributed by atoms with E-state index in [-0.39, 0.29) is 5.75 Å². The maximum atomic E-state index is 12.8. The van der Waals surface area contributed by atoms with Crippen molar-refractivity contribution in [2.75, 3.05) is 13.7 Å². The van der Waals surface area contributed by atoms with E-state index in [1.54, 1.807) is 6.20 Å². The fourth-order valence-electron chi connectivity index (χ4n) is 2.73. The first-order chi connectivity index (χ1) is 12.5.